The van der Waals surface area contributed by atoms with Gasteiger partial charge in [-0.25, -0.2) is 0 Å². The maximum absolute atomic E-state index is 3.72. The number of aryl methyl sites for hydroxylation is 4. The minimum Gasteiger partial charge on any atom is -0.0651 e. The molecule has 0 aliphatic carbocycles. The van der Waals surface area contributed by atoms with Crippen molar-refractivity contribution >= 4 is 15.9 Å². The van der Waals surface area contributed by atoms with Gasteiger partial charge in [-0.1, -0.05) is 83.4 Å². The topological polar surface area (TPSA) is 0 Å². The quantitative estimate of drug-likeness (QED) is 0.427. The van der Waals surface area contributed by atoms with Crippen LogP contribution in [0.25, 0.3) is 22.3 Å². The molecule has 0 N–H and O–H groups in total. The van der Waals surface area contributed by atoms with E-state index in [1.807, 2.05) is 0 Å². The average molecular weight is 393 g/mol. The molecular weight excluding hydrogens is 368 g/mol. The number of hydrogen-bond donors (Lipinski definition) is 0. The Morgan fingerprint density at radius 3 is 2.04 bits per heavy atom. The third-order valence-corrected chi connectivity index (χ3v) is 5.50. The van der Waals surface area contributed by atoms with E-state index in [4.69, 9.17) is 0 Å². The van der Waals surface area contributed by atoms with Crippen molar-refractivity contribution in [2.24, 2.45) is 0 Å². The Kier molecular flexibility index (Phi) is 5.44. The van der Waals surface area contributed by atoms with Gasteiger partial charge >= 0.3 is 0 Å². The lowest BCUT2D eigenvalue weighted by molar-refractivity contribution is 0.923. The molecule has 0 aliphatic heterocycles. The number of rotatable bonds is 4. The van der Waals surface area contributed by atoms with Crippen molar-refractivity contribution < 1.29 is 0 Å². The summed E-state index contributed by atoms with van der Waals surface area (Å²) < 4.78 is 1.15. The number of hydrogen-bond acceptors (Lipinski definition) is 0. The second-order valence-electron chi connectivity index (χ2n) is 6.87. The third-order valence-electron chi connectivity index (χ3n) is 4.81. The van der Waals surface area contributed by atoms with E-state index >= 15 is 0 Å². The van der Waals surface area contributed by atoms with Crippen LogP contribution in [0.1, 0.15) is 35.6 Å². The molecule has 0 heterocycles. The highest BCUT2D eigenvalue weighted by Crippen LogP contribution is 2.36. The van der Waals surface area contributed by atoms with Crippen LogP contribution in [0.4, 0.5) is 0 Å². The van der Waals surface area contributed by atoms with Crippen molar-refractivity contribution in [3.8, 4) is 22.3 Å². The van der Waals surface area contributed by atoms with Gasteiger partial charge in [0, 0.05) is 4.47 Å². The van der Waals surface area contributed by atoms with E-state index in [-0.39, 0.29) is 0 Å². The molecular formula is C24H25Br. The summed E-state index contributed by atoms with van der Waals surface area (Å²) in [6.45, 7) is 8.83. The first-order valence-corrected chi connectivity index (χ1v) is 9.76. The highest BCUT2D eigenvalue weighted by molar-refractivity contribution is 9.10. The number of benzene rings is 3. The fourth-order valence-corrected chi connectivity index (χ4v) is 3.97. The van der Waals surface area contributed by atoms with Gasteiger partial charge in [0.15, 0.2) is 0 Å². The summed E-state index contributed by atoms with van der Waals surface area (Å²) in [5.74, 6) is 0. The summed E-state index contributed by atoms with van der Waals surface area (Å²) in [7, 11) is 0. The van der Waals surface area contributed by atoms with Gasteiger partial charge in [0.25, 0.3) is 0 Å². The van der Waals surface area contributed by atoms with Crippen LogP contribution < -0.4 is 0 Å². The van der Waals surface area contributed by atoms with Crippen molar-refractivity contribution in [3.63, 3.8) is 0 Å². The van der Waals surface area contributed by atoms with Gasteiger partial charge in [0.1, 0.15) is 0 Å². The predicted molar refractivity (Wildman–Crippen MR) is 113 cm³/mol. The van der Waals surface area contributed by atoms with E-state index in [2.05, 4.69) is 98.2 Å². The van der Waals surface area contributed by atoms with Crippen molar-refractivity contribution in [1.82, 2.24) is 0 Å². The Bertz CT molecular complexity index is 906. The first-order valence-electron chi connectivity index (χ1n) is 8.97. The Labute approximate surface area is 160 Å². The zero-order valence-corrected chi connectivity index (χ0v) is 17.1. The first kappa shape index (κ1) is 17.9. The second kappa shape index (κ2) is 7.58. The zero-order valence-electron chi connectivity index (χ0n) is 15.5. The van der Waals surface area contributed by atoms with E-state index in [0.717, 1.165) is 10.9 Å². The van der Waals surface area contributed by atoms with E-state index in [9.17, 15) is 0 Å². The molecule has 0 bridgehead atoms. The largest absolute Gasteiger partial charge is 0.0651 e. The van der Waals surface area contributed by atoms with Gasteiger partial charge in [-0.3, -0.25) is 0 Å². The SMILES string of the molecule is CCCc1ccccc1-c1cc(C)c(-c2cc(C)ccc2Br)cc1C. The lowest BCUT2D eigenvalue weighted by Gasteiger charge is -2.16. The molecule has 128 valence electrons. The summed E-state index contributed by atoms with van der Waals surface area (Å²) in [5.41, 5.74) is 10.7. The molecule has 3 rings (SSSR count). The van der Waals surface area contributed by atoms with E-state index in [0.29, 0.717) is 0 Å². The fraction of sp³-hybridized carbons (Fsp3) is 0.250. The third kappa shape index (κ3) is 3.72. The molecule has 0 aliphatic rings. The first-order chi connectivity index (χ1) is 12.0. The standard InChI is InChI=1S/C24H25Br/c1-5-8-19-9-6-7-10-20(19)21-14-18(4)22(15-17(21)3)23-13-16(2)11-12-24(23)25/h6-7,9-15H,5,8H2,1-4H3. The molecule has 3 aromatic carbocycles. The van der Waals surface area contributed by atoms with E-state index in [1.54, 1.807) is 0 Å². The summed E-state index contributed by atoms with van der Waals surface area (Å²) in [5, 5.41) is 0. The molecule has 1 heteroatoms. The number of halogens is 1. The average Bonchev–Trinajstić information content (AvgIpc) is 2.60. The normalized spacial score (nSPS) is 10.9. The second-order valence-corrected chi connectivity index (χ2v) is 7.73. The predicted octanol–water partition coefficient (Wildman–Crippen LogP) is 7.66. The molecule has 0 spiro atoms. The molecule has 0 saturated heterocycles. The molecule has 0 aromatic heterocycles. The lowest BCUT2D eigenvalue weighted by atomic mass is 9.89. The monoisotopic (exact) mass is 392 g/mol. The summed E-state index contributed by atoms with van der Waals surface area (Å²) >= 11 is 3.72. The minimum absolute atomic E-state index is 1.12. The van der Waals surface area contributed by atoms with Gasteiger partial charge in [-0.05, 0) is 72.2 Å². The molecule has 0 nitrogen and oxygen atoms in total. The molecule has 0 fully saturated rings. The van der Waals surface area contributed by atoms with E-state index in [1.165, 1.54) is 50.9 Å². The van der Waals surface area contributed by atoms with Crippen LogP contribution in [0.15, 0.2) is 59.1 Å². The highest BCUT2D eigenvalue weighted by atomic mass is 79.9. The Hall–Kier alpha value is -1.86. The molecule has 25 heavy (non-hydrogen) atoms. The highest BCUT2D eigenvalue weighted by Gasteiger charge is 2.12. The van der Waals surface area contributed by atoms with Crippen molar-refractivity contribution in [3.05, 3.63) is 81.3 Å². The molecule has 3 aromatic rings. The van der Waals surface area contributed by atoms with Crippen LogP contribution in [0.2, 0.25) is 0 Å². The van der Waals surface area contributed by atoms with Crippen LogP contribution >= 0.6 is 15.9 Å². The summed E-state index contributed by atoms with van der Waals surface area (Å²) in [6, 6.07) is 20.1. The Morgan fingerprint density at radius 2 is 1.36 bits per heavy atom. The summed E-state index contributed by atoms with van der Waals surface area (Å²) in [6.07, 6.45) is 2.29. The van der Waals surface area contributed by atoms with Gasteiger partial charge in [0.05, 0.1) is 0 Å². The van der Waals surface area contributed by atoms with Crippen LogP contribution in [0.3, 0.4) is 0 Å². The smallest absolute Gasteiger partial charge is 0.0254 e. The fourth-order valence-electron chi connectivity index (χ4n) is 3.51. The van der Waals surface area contributed by atoms with Crippen LogP contribution in [-0.2, 0) is 6.42 Å². The van der Waals surface area contributed by atoms with Crippen LogP contribution in [0, 0.1) is 20.8 Å². The van der Waals surface area contributed by atoms with Gasteiger partial charge in [0.2, 0.25) is 0 Å². The Balaban J connectivity index is 2.15. The minimum atomic E-state index is 1.12. The lowest BCUT2D eigenvalue weighted by Crippen LogP contribution is -1.94. The molecule has 0 saturated carbocycles. The maximum atomic E-state index is 3.72. The maximum Gasteiger partial charge on any atom is 0.0254 e. The Morgan fingerprint density at radius 1 is 0.720 bits per heavy atom. The molecule has 0 unspecified atom stereocenters. The van der Waals surface area contributed by atoms with Crippen LogP contribution in [0.5, 0.6) is 0 Å². The van der Waals surface area contributed by atoms with Gasteiger partial charge in [-0.15, -0.1) is 0 Å². The summed E-state index contributed by atoms with van der Waals surface area (Å²) in [4.78, 5) is 0. The van der Waals surface area contributed by atoms with E-state index < -0.39 is 0 Å². The van der Waals surface area contributed by atoms with Crippen LogP contribution in [-0.4, -0.2) is 0 Å². The van der Waals surface area contributed by atoms with Gasteiger partial charge < -0.3 is 0 Å². The van der Waals surface area contributed by atoms with Gasteiger partial charge in [-0.2, -0.15) is 0 Å². The molecule has 0 amide bonds. The molecule has 0 radical (unpaired) electrons. The zero-order chi connectivity index (χ0) is 18.0. The van der Waals surface area contributed by atoms with Crippen molar-refractivity contribution in [2.75, 3.05) is 0 Å². The van der Waals surface area contributed by atoms with Crippen molar-refractivity contribution in [1.29, 1.82) is 0 Å². The molecule has 0 atom stereocenters. The van der Waals surface area contributed by atoms with Crippen molar-refractivity contribution in [2.45, 2.75) is 40.5 Å².